The number of hydrogen-bond donors (Lipinski definition) is 1. The van der Waals surface area contributed by atoms with Gasteiger partial charge in [0.1, 0.15) is 0 Å². The number of methoxy groups -OCH3 is 1. The van der Waals surface area contributed by atoms with Crippen molar-refractivity contribution >= 4 is 16.0 Å². The molecule has 1 N–H and O–H groups in total. The Morgan fingerprint density at radius 2 is 2.27 bits per heavy atom. The Hall–Kier alpha value is -0.660. The van der Waals surface area contributed by atoms with E-state index in [0.717, 1.165) is 0 Å². The first kappa shape index (κ1) is 12.4. The first-order chi connectivity index (χ1) is 6.97. The van der Waals surface area contributed by atoms with Crippen LogP contribution in [0.4, 0.5) is 0 Å². The Morgan fingerprint density at radius 3 is 2.80 bits per heavy atom. The highest BCUT2D eigenvalue weighted by atomic mass is 32.2. The van der Waals surface area contributed by atoms with Crippen LogP contribution in [-0.4, -0.2) is 57.2 Å². The maximum absolute atomic E-state index is 11.8. The summed E-state index contributed by atoms with van der Waals surface area (Å²) in [5, 5.41) is 3.08. The summed E-state index contributed by atoms with van der Waals surface area (Å²) in [4.78, 5) is 10.9. The molecule has 1 rings (SSSR count). The molecule has 0 unspecified atom stereocenters. The Labute approximate surface area is 89.6 Å². The van der Waals surface area contributed by atoms with Crippen LogP contribution < -0.4 is 5.32 Å². The average molecular weight is 236 g/mol. The highest BCUT2D eigenvalue weighted by molar-refractivity contribution is 7.89. The van der Waals surface area contributed by atoms with Crippen LogP contribution in [0.15, 0.2) is 0 Å². The summed E-state index contributed by atoms with van der Waals surface area (Å²) in [7, 11) is -2.35. The molecule has 88 valence electrons. The lowest BCUT2D eigenvalue weighted by molar-refractivity contribution is -0.137. The quantitative estimate of drug-likeness (QED) is 0.622. The highest BCUT2D eigenvalue weighted by Gasteiger charge is 2.31. The molecule has 1 saturated heterocycles. The molecular formula is C8H16N2O4S. The lowest BCUT2D eigenvalue weighted by atomic mass is 10.3. The SMILES string of the molecule is COC(=O)CS(=O)(=O)N1CCNC[C@@H]1C. The van der Waals surface area contributed by atoms with E-state index in [-0.39, 0.29) is 6.04 Å². The molecule has 1 heterocycles. The minimum Gasteiger partial charge on any atom is -0.468 e. The van der Waals surface area contributed by atoms with E-state index in [1.54, 1.807) is 6.92 Å². The van der Waals surface area contributed by atoms with Gasteiger partial charge in [0.2, 0.25) is 10.0 Å². The molecule has 0 spiro atoms. The number of carbonyl (C=O) groups excluding carboxylic acids is 1. The van der Waals surface area contributed by atoms with E-state index >= 15 is 0 Å². The van der Waals surface area contributed by atoms with Crippen LogP contribution in [-0.2, 0) is 19.6 Å². The predicted molar refractivity (Wildman–Crippen MR) is 54.8 cm³/mol. The number of carbonyl (C=O) groups is 1. The van der Waals surface area contributed by atoms with Gasteiger partial charge in [0.25, 0.3) is 0 Å². The Bertz CT molecular complexity index is 328. The number of piperazine rings is 1. The maximum Gasteiger partial charge on any atom is 0.322 e. The van der Waals surface area contributed by atoms with Crippen molar-refractivity contribution < 1.29 is 17.9 Å². The van der Waals surface area contributed by atoms with E-state index in [1.807, 2.05) is 0 Å². The Kier molecular flexibility index (Phi) is 4.06. The molecule has 0 aromatic rings. The molecule has 6 nitrogen and oxygen atoms in total. The average Bonchev–Trinajstić information content (AvgIpc) is 2.17. The van der Waals surface area contributed by atoms with Crippen LogP contribution in [0.5, 0.6) is 0 Å². The van der Waals surface area contributed by atoms with Crippen molar-refractivity contribution in [1.82, 2.24) is 9.62 Å². The second kappa shape index (κ2) is 4.91. The Morgan fingerprint density at radius 1 is 1.60 bits per heavy atom. The van der Waals surface area contributed by atoms with E-state index in [2.05, 4.69) is 10.1 Å². The Balaban J connectivity index is 2.71. The van der Waals surface area contributed by atoms with Crippen LogP contribution in [0.25, 0.3) is 0 Å². The van der Waals surface area contributed by atoms with Gasteiger partial charge in [-0.15, -0.1) is 0 Å². The molecule has 7 heteroatoms. The zero-order valence-corrected chi connectivity index (χ0v) is 9.71. The van der Waals surface area contributed by atoms with Crippen molar-refractivity contribution in [1.29, 1.82) is 0 Å². The molecule has 15 heavy (non-hydrogen) atoms. The van der Waals surface area contributed by atoms with Crippen molar-refractivity contribution in [3.05, 3.63) is 0 Å². The van der Waals surface area contributed by atoms with Crippen molar-refractivity contribution in [2.75, 3.05) is 32.5 Å². The number of hydrogen-bond acceptors (Lipinski definition) is 5. The molecule has 0 radical (unpaired) electrons. The molecule has 0 aromatic carbocycles. The number of sulfonamides is 1. The fraction of sp³-hybridized carbons (Fsp3) is 0.875. The first-order valence-electron chi connectivity index (χ1n) is 4.74. The van der Waals surface area contributed by atoms with E-state index in [1.165, 1.54) is 11.4 Å². The van der Waals surface area contributed by atoms with Crippen LogP contribution >= 0.6 is 0 Å². The summed E-state index contributed by atoms with van der Waals surface area (Å²) < 4.78 is 29.2. The van der Waals surface area contributed by atoms with Crippen LogP contribution in [0.2, 0.25) is 0 Å². The summed E-state index contributed by atoms with van der Waals surface area (Å²) >= 11 is 0. The van der Waals surface area contributed by atoms with Gasteiger partial charge in [0.15, 0.2) is 5.75 Å². The van der Waals surface area contributed by atoms with Crippen LogP contribution in [0.3, 0.4) is 0 Å². The monoisotopic (exact) mass is 236 g/mol. The van der Waals surface area contributed by atoms with Crippen molar-refractivity contribution in [2.45, 2.75) is 13.0 Å². The molecule has 0 amide bonds. The molecular weight excluding hydrogens is 220 g/mol. The van der Waals surface area contributed by atoms with Crippen molar-refractivity contribution in [3.63, 3.8) is 0 Å². The lowest BCUT2D eigenvalue weighted by Gasteiger charge is -2.32. The highest BCUT2D eigenvalue weighted by Crippen LogP contribution is 2.10. The summed E-state index contributed by atoms with van der Waals surface area (Å²) in [5.41, 5.74) is 0. The first-order valence-corrected chi connectivity index (χ1v) is 6.35. The summed E-state index contributed by atoms with van der Waals surface area (Å²) in [6, 6.07) is -0.117. The van der Waals surface area contributed by atoms with Gasteiger partial charge in [0, 0.05) is 25.7 Å². The van der Waals surface area contributed by atoms with Gasteiger partial charge in [-0.25, -0.2) is 8.42 Å². The summed E-state index contributed by atoms with van der Waals surface area (Å²) in [5.74, 6) is -1.30. The fourth-order valence-corrected chi connectivity index (χ4v) is 3.10. The lowest BCUT2D eigenvalue weighted by Crippen LogP contribution is -2.53. The van der Waals surface area contributed by atoms with Crippen LogP contribution in [0.1, 0.15) is 6.92 Å². The van der Waals surface area contributed by atoms with E-state index in [4.69, 9.17) is 0 Å². The number of rotatable bonds is 3. The molecule has 1 fully saturated rings. The largest absolute Gasteiger partial charge is 0.468 e. The second-order valence-corrected chi connectivity index (χ2v) is 5.42. The molecule has 0 saturated carbocycles. The zero-order valence-electron chi connectivity index (χ0n) is 8.89. The van der Waals surface area contributed by atoms with E-state index < -0.39 is 21.7 Å². The number of esters is 1. The fourth-order valence-electron chi connectivity index (χ4n) is 1.53. The number of ether oxygens (including phenoxy) is 1. The third-order valence-corrected chi connectivity index (χ3v) is 4.18. The van der Waals surface area contributed by atoms with Gasteiger partial charge >= 0.3 is 5.97 Å². The molecule has 1 atom stereocenters. The normalized spacial score (nSPS) is 23.7. The third kappa shape index (κ3) is 3.15. The molecule has 0 aliphatic carbocycles. The minimum absolute atomic E-state index is 0.117. The number of nitrogens with one attached hydrogen (secondary N) is 1. The van der Waals surface area contributed by atoms with Gasteiger partial charge in [0.05, 0.1) is 7.11 Å². The standard InChI is InChI=1S/C8H16N2O4S/c1-7-5-9-3-4-10(7)15(12,13)6-8(11)14-2/h7,9H,3-6H2,1-2H3/t7-/m0/s1. The second-order valence-electron chi connectivity index (χ2n) is 3.50. The molecule has 0 bridgehead atoms. The third-order valence-electron chi connectivity index (χ3n) is 2.33. The van der Waals surface area contributed by atoms with Gasteiger partial charge in [-0.1, -0.05) is 0 Å². The smallest absolute Gasteiger partial charge is 0.322 e. The number of nitrogens with zero attached hydrogens (tertiary/aromatic N) is 1. The van der Waals surface area contributed by atoms with Crippen molar-refractivity contribution in [2.24, 2.45) is 0 Å². The van der Waals surface area contributed by atoms with Gasteiger partial charge in [-0.2, -0.15) is 4.31 Å². The van der Waals surface area contributed by atoms with Gasteiger partial charge < -0.3 is 10.1 Å². The van der Waals surface area contributed by atoms with Gasteiger partial charge in [-0.3, -0.25) is 4.79 Å². The molecule has 0 aromatic heterocycles. The topological polar surface area (TPSA) is 75.7 Å². The van der Waals surface area contributed by atoms with E-state index in [0.29, 0.717) is 19.6 Å². The van der Waals surface area contributed by atoms with Gasteiger partial charge in [-0.05, 0) is 6.92 Å². The van der Waals surface area contributed by atoms with Crippen LogP contribution in [0, 0.1) is 0 Å². The summed E-state index contributed by atoms with van der Waals surface area (Å²) in [6.45, 7) is 3.44. The summed E-state index contributed by atoms with van der Waals surface area (Å²) in [6.07, 6.45) is 0. The minimum atomic E-state index is -3.53. The predicted octanol–water partition coefficient (Wildman–Crippen LogP) is -1.22. The zero-order chi connectivity index (χ0) is 11.5. The van der Waals surface area contributed by atoms with Crippen molar-refractivity contribution in [3.8, 4) is 0 Å². The maximum atomic E-state index is 11.8. The molecule has 1 aliphatic rings. The molecule has 1 aliphatic heterocycles. The van der Waals surface area contributed by atoms with E-state index in [9.17, 15) is 13.2 Å².